The quantitative estimate of drug-likeness (QED) is 0.466. The molecule has 1 atom stereocenters. The van der Waals surface area contributed by atoms with Crippen LogP contribution in [0.3, 0.4) is 0 Å². The van der Waals surface area contributed by atoms with Gasteiger partial charge in [0, 0.05) is 19.8 Å². The van der Waals surface area contributed by atoms with Crippen LogP contribution in [0.25, 0.3) is 0 Å². The van der Waals surface area contributed by atoms with Gasteiger partial charge in [-0.25, -0.2) is 9.59 Å². The van der Waals surface area contributed by atoms with Gasteiger partial charge in [-0.1, -0.05) is 12.2 Å². The maximum absolute atomic E-state index is 11.6. The number of aliphatic carboxylic acids is 1. The van der Waals surface area contributed by atoms with Crippen molar-refractivity contribution in [1.29, 1.82) is 0 Å². The summed E-state index contributed by atoms with van der Waals surface area (Å²) < 4.78 is 4.86. The van der Waals surface area contributed by atoms with Gasteiger partial charge < -0.3 is 20.5 Å². The molecule has 0 saturated heterocycles. The molecule has 102 valence electrons. The molecule has 0 bridgehead atoms. The predicted octanol–water partition coefficient (Wildman–Crippen LogP) is 0.884. The third-order valence-electron chi connectivity index (χ3n) is 2.79. The highest BCUT2D eigenvalue weighted by molar-refractivity contribution is 5.82. The Morgan fingerprint density at radius 3 is 2.67 bits per heavy atom. The van der Waals surface area contributed by atoms with Gasteiger partial charge in [-0.05, 0) is 25.7 Å². The second kappa shape index (κ2) is 7.71. The van der Waals surface area contributed by atoms with Crippen LogP contribution in [0.5, 0.6) is 0 Å². The van der Waals surface area contributed by atoms with Crippen LogP contribution >= 0.6 is 0 Å². The highest BCUT2D eigenvalue weighted by Gasteiger charge is 2.21. The first-order valence-electron chi connectivity index (χ1n) is 6.07. The summed E-state index contributed by atoms with van der Waals surface area (Å²) in [6.07, 6.45) is 6.55. The number of ether oxygens (including phenoxy) is 1. The van der Waals surface area contributed by atoms with Crippen molar-refractivity contribution in [3.8, 4) is 0 Å². The first kappa shape index (κ1) is 14.5. The Labute approximate surface area is 106 Å². The van der Waals surface area contributed by atoms with Crippen molar-refractivity contribution in [3.63, 3.8) is 0 Å². The lowest BCUT2D eigenvalue weighted by atomic mass is 10.1. The predicted molar refractivity (Wildman–Crippen MR) is 66.4 cm³/mol. The number of hydrogen-bond acceptors (Lipinski definition) is 3. The molecule has 0 aromatic heterocycles. The molecule has 0 heterocycles. The lowest BCUT2D eigenvalue weighted by Gasteiger charge is -2.17. The molecule has 6 heteroatoms. The number of amides is 2. The van der Waals surface area contributed by atoms with Gasteiger partial charge in [-0.2, -0.15) is 0 Å². The van der Waals surface area contributed by atoms with Gasteiger partial charge in [0.25, 0.3) is 0 Å². The van der Waals surface area contributed by atoms with E-state index < -0.39 is 18.0 Å². The van der Waals surface area contributed by atoms with Crippen molar-refractivity contribution in [1.82, 2.24) is 10.6 Å². The minimum Gasteiger partial charge on any atom is -0.480 e. The Balaban J connectivity index is 2.30. The lowest BCUT2D eigenvalue weighted by Crippen LogP contribution is -2.48. The molecule has 0 aromatic carbocycles. The molecule has 3 N–H and O–H groups in total. The van der Waals surface area contributed by atoms with E-state index in [0.717, 1.165) is 12.8 Å². The second-order valence-corrected chi connectivity index (χ2v) is 4.28. The highest BCUT2D eigenvalue weighted by Crippen LogP contribution is 2.08. The maximum atomic E-state index is 11.6. The van der Waals surface area contributed by atoms with Crippen molar-refractivity contribution in [2.24, 2.45) is 0 Å². The fourth-order valence-corrected chi connectivity index (χ4v) is 1.81. The number of nitrogens with one attached hydrogen (secondary N) is 2. The average molecular weight is 256 g/mol. The minimum atomic E-state index is -1.02. The highest BCUT2D eigenvalue weighted by atomic mass is 16.5. The third-order valence-corrected chi connectivity index (χ3v) is 2.79. The van der Waals surface area contributed by atoms with Crippen LogP contribution in [0, 0.1) is 0 Å². The van der Waals surface area contributed by atoms with Crippen molar-refractivity contribution >= 4 is 12.0 Å². The van der Waals surface area contributed by atoms with E-state index in [4.69, 9.17) is 9.84 Å². The van der Waals surface area contributed by atoms with Gasteiger partial charge in [0.2, 0.25) is 0 Å². The molecule has 1 aliphatic rings. The van der Waals surface area contributed by atoms with E-state index in [0.29, 0.717) is 19.4 Å². The van der Waals surface area contributed by atoms with E-state index >= 15 is 0 Å². The van der Waals surface area contributed by atoms with Gasteiger partial charge in [-0.15, -0.1) is 0 Å². The number of hydrogen-bond donors (Lipinski definition) is 3. The zero-order valence-electron chi connectivity index (χ0n) is 10.5. The molecular formula is C12H20N2O4. The van der Waals surface area contributed by atoms with Crippen molar-refractivity contribution < 1.29 is 19.4 Å². The van der Waals surface area contributed by atoms with Crippen LogP contribution in [0.2, 0.25) is 0 Å². The minimum absolute atomic E-state index is 0.0819. The monoisotopic (exact) mass is 256 g/mol. The van der Waals surface area contributed by atoms with E-state index in [1.807, 2.05) is 12.2 Å². The van der Waals surface area contributed by atoms with E-state index in [9.17, 15) is 9.59 Å². The number of methoxy groups -OCH3 is 1. The molecule has 0 aliphatic heterocycles. The van der Waals surface area contributed by atoms with Crippen LogP contribution in [-0.4, -0.2) is 42.9 Å². The van der Waals surface area contributed by atoms with Gasteiger partial charge in [-0.3, -0.25) is 0 Å². The lowest BCUT2D eigenvalue weighted by molar-refractivity contribution is -0.139. The fourth-order valence-electron chi connectivity index (χ4n) is 1.81. The van der Waals surface area contributed by atoms with Gasteiger partial charge in [0.05, 0.1) is 0 Å². The summed E-state index contributed by atoms with van der Waals surface area (Å²) in [6.45, 7) is 0.486. The van der Waals surface area contributed by atoms with Gasteiger partial charge >= 0.3 is 12.0 Å². The zero-order chi connectivity index (χ0) is 13.4. The molecule has 1 aliphatic carbocycles. The smallest absolute Gasteiger partial charge is 0.326 e. The number of rotatable bonds is 7. The standard InChI is InChI=1S/C12H20N2O4/c1-18-8-4-7-10(11(15)16)14-12(17)13-9-5-2-3-6-9/h2-3,9-10H,4-8H2,1H3,(H,15,16)(H2,13,14,17). The Morgan fingerprint density at radius 2 is 2.11 bits per heavy atom. The molecule has 6 nitrogen and oxygen atoms in total. The van der Waals surface area contributed by atoms with Crippen LogP contribution in [0.15, 0.2) is 12.2 Å². The van der Waals surface area contributed by atoms with E-state index in [1.54, 1.807) is 7.11 Å². The number of carboxylic acids is 1. The molecule has 0 saturated carbocycles. The average Bonchev–Trinajstić information content (AvgIpc) is 2.80. The molecule has 2 amide bonds. The van der Waals surface area contributed by atoms with E-state index in [1.165, 1.54) is 0 Å². The molecule has 0 aromatic rings. The van der Waals surface area contributed by atoms with Gasteiger partial charge in [0.15, 0.2) is 0 Å². The van der Waals surface area contributed by atoms with Gasteiger partial charge in [0.1, 0.15) is 6.04 Å². The Kier molecular flexibility index (Phi) is 6.21. The fraction of sp³-hybridized carbons (Fsp3) is 0.667. The number of carbonyl (C=O) groups is 2. The Hall–Kier alpha value is -1.56. The second-order valence-electron chi connectivity index (χ2n) is 4.28. The van der Waals surface area contributed by atoms with Crippen LogP contribution in [-0.2, 0) is 9.53 Å². The van der Waals surface area contributed by atoms with Crippen molar-refractivity contribution in [2.45, 2.75) is 37.8 Å². The summed E-state index contributed by atoms with van der Waals surface area (Å²) in [5.74, 6) is -1.02. The molecule has 1 unspecified atom stereocenters. The van der Waals surface area contributed by atoms with E-state index in [2.05, 4.69) is 10.6 Å². The summed E-state index contributed by atoms with van der Waals surface area (Å²) in [6, 6.07) is -1.21. The molecule has 18 heavy (non-hydrogen) atoms. The first-order chi connectivity index (χ1) is 8.63. The van der Waals surface area contributed by atoms with E-state index in [-0.39, 0.29) is 6.04 Å². The van der Waals surface area contributed by atoms with Crippen LogP contribution in [0.4, 0.5) is 4.79 Å². The summed E-state index contributed by atoms with van der Waals surface area (Å²) >= 11 is 0. The Bertz CT molecular complexity index is 309. The Morgan fingerprint density at radius 1 is 1.44 bits per heavy atom. The molecule has 0 spiro atoms. The molecule has 0 radical (unpaired) electrons. The number of carbonyl (C=O) groups excluding carboxylic acids is 1. The summed E-state index contributed by atoms with van der Waals surface area (Å²) in [5, 5.41) is 14.2. The van der Waals surface area contributed by atoms with Crippen molar-refractivity contribution in [3.05, 3.63) is 12.2 Å². The molecule has 1 rings (SSSR count). The summed E-state index contributed by atoms with van der Waals surface area (Å²) in [5.41, 5.74) is 0. The first-order valence-corrected chi connectivity index (χ1v) is 6.07. The van der Waals surface area contributed by atoms with Crippen molar-refractivity contribution in [2.75, 3.05) is 13.7 Å². The maximum Gasteiger partial charge on any atom is 0.326 e. The summed E-state index contributed by atoms with van der Waals surface area (Å²) in [4.78, 5) is 22.6. The normalized spacial score (nSPS) is 16.5. The number of carboxylic acid groups (broad SMARTS) is 1. The largest absolute Gasteiger partial charge is 0.480 e. The summed E-state index contributed by atoms with van der Waals surface area (Å²) in [7, 11) is 1.56. The molecule has 0 fully saturated rings. The third kappa shape index (κ3) is 5.18. The molecular weight excluding hydrogens is 236 g/mol. The topological polar surface area (TPSA) is 87.7 Å². The zero-order valence-corrected chi connectivity index (χ0v) is 10.5. The number of urea groups is 1. The SMILES string of the molecule is COCCCC(NC(=O)NC1CC=CC1)C(=O)O. The van der Waals surface area contributed by atoms with Crippen LogP contribution in [0.1, 0.15) is 25.7 Å². The van der Waals surface area contributed by atoms with Crippen LogP contribution < -0.4 is 10.6 Å².